The molecule has 0 heterocycles. The zero-order valence-corrected chi connectivity index (χ0v) is 11.4. The standard InChI is InChI=1S/C14H16ClNO3/c1-16(6-5-13(17)18)14(19)12-8-11(12)9-3-2-4-10(15)7-9/h2-4,7,11-12H,5-6,8H2,1H3,(H,17,18). The molecule has 0 saturated heterocycles. The number of aliphatic carboxylic acids is 1. The quantitative estimate of drug-likeness (QED) is 0.901. The fourth-order valence-corrected chi connectivity index (χ4v) is 2.43. The predicted octanol–water partition coefficient (Wildman–Crippen LogP) is 2.38. The third-order valence-electron chi connectivity index (χ3n) is 3.42. The Morgan fingerprint density at radius 2 is 2.21 bits per heavy atom. The minimum atomic E-state index is -0.887. The highest BCUT2D eigenvalue weighted by molar-refractivity contribution is 6.30. The van der Waals surface area contributed by atoms with Gasteiger partial charge in [-0.2, -0.15) is 0 Å². The Bertz CT molecular complexity index is 503. The molecule has 2 rings (SSSR count). The number of nitrogens with zero attached hydrogens (tertiary/aromatic N) is 1. The van der Waals surface area contributed by atoms with E-state index in [1.807, 2.05) is 24.3 Å². The molecule has 0 spiro atoms. The number of benzene rings is 1. The normalized spacial score (nSPS) is 20.9. The van der Waals surface area contributed by atoms with Crippen LogP contribution < -0.4 is 0 Å². The zero-order valence-electron chi connectivity index (χ0n) is 10.7. The Morgan fingerprint density at radius 3 is 2.84 bits per heavy atom. The Hall–Kier alpha value is -1.55. The van der Waals surface area contributed by atoms with E-state index in [0.29, 0.717) is 5.02 Å². The Balaban J connectivity index is 1.91. The smallest absolute Gasteiger partial charge is 0.305 e. The summed E-state index contributed by atoms with van der Waals surface area (Å²) in [6.45, 7) is 0.257. The van der Waals surface area contributed by atoms with Crippen LogP contribution in [0.5, 0.6) is 0 Å². The first kappa shape index (κ1) is 13.9. The SMILES string of the molecule is CN(CCC(=O)O)C(=O)C1CC1c1cccc(Cl)c1. The Labute approximate surface area is 117 Å². The molecule has 102 valence electrons. The molecule has 19 heavy (non-hydrogen) atoms. The van der Waals surface area contributed by atoms with Crippen molar-refractivity contribution in [3.8, 4) is 0 Å². The van der Waals surface area contributed by atoms with Gasteiger partial charge >= 0.3 is 5.97 Å². The number of carboxylic acid groups (broad SMARTS) is 1. The van der Waals surface area contributed by atoms with Crippen LogP contribution in [0.3, 0.4) is 0 Å². The van der Waals surface area contributed by atoms with Crippen LogP contribution in [-0.4, -0.2) is 35.5 Å². The van der Waals surface area contributed by atoms with Gasteiger partial charge in [0.05, 0.1) is 6.42 Å². The van der Waals surface area contributed by atoms with Crippen molar-refractivity contribution in [3.05, 3.63) is 34.9 Å². The molecule has 0 aromatic heterocycles. The molecular weight excluding hydrogens is 266 g/mol. The van der Waals surface area contributed by atoms with Gasteiger partial charge in [-0.3, -0.25) is 9.59 Å². The zero-order chi connectivity index (χ0) is 14.0. The maximum Gasteiger partial charge on any atom is 0.305 e. The van der Waals surface area contributed by atoms with Crippen molar-refractivity contribution in [2.75, 3.05) is 13.6 Å². The second kappa shape index (κ2) is 5.61. The maximum atomic E-state index is 12.1. The van der Waals surface area contributed by atoms with E-state index < -0.39 is 5.97 Å². The molecule has 0 bridgehead atoms. The number of hydrogen-bond donors (Lipinski definition) is 1. The van der Waals surface area contributed by atoms with Gasteiger partial charge in [-0.1, -0.05) is 23.7 Å². The number of carbonyl (C=O) groups excluding carboxylic acids is 1. The molecule has 0 radical (unpaired) electrons. The molecule has 1 N–H and O–H groups in total. The van der Waals surface area contributed by atoms with Crippen molar-refractivity contribution in [1.82, 2.24) is 4.90 Å². The van der Waals surface area contributed by atoms with Crippen molar-refractivity contribution >= 4 is 23.5 Å². The van der Waals surface area contributed by atoms with Gasteiger partial charge in [-0.05, 0) is 30.0 Å². The first-order chi connectivity index (χ1) is 8.99. The summed E-state index contributed by atoms with van der Waals surface area (Å²) < 4.78 is 0. The van der Waals surface area contributed by atoms with Crippen molar-refractivity contribution in [2.24, 2.45) is 5.92 Å². The fraction of sp³-hybridized carbons (Fsp3) is 0.429. The summed E-state index contributed by atoms with van der Waals surface area (Å²) in [4.78, 5) is 24.1. The highest BCUT2D eigenvalue weighted by Gasteiger charge is 2.45. The van der Waals surface area contributed by atoms with Gasteiger partial charge in [-0.25, -0.2) is 0 Å². The van der Waals surface area contributed by atoms with E-state index in [1.54, 1.807) is 7.05 Å². The van der Waals surface area contributed by atoms with Crippen molar-refractivity contribution in [2.45, 2.75) is 18.8 Å². The fourth-order valence-electron chi connectivity index (χ4n) is 2.23. The number of carboxylic acids is 1. The summed E-state index contributed by atoms with van der Waals surface area (Å²) >= 11 is 5.93. The molecule has 0 aliphatic heterocycles. The van der Waals surface area contributed by atoms with Gasteiger partial charge in [-0.15, -0.1) is 0 Å². The molecule has 1 fully saturated rings. The monoisotopic (exact) mass is 281 g/mol. The number of carbonyl (C=O) groups is 2. The topological polar surface area (TPSA) is 57.6 Å². The lowest BCUT2D eigenvalue weighted by Gasteiger charge is -2.16. The molecule has 1 aromatic rings. The Kier molecular flexibility index (Phi) is 4.10. The molecule has 1 aliphatic rings. The van der Waals surface area contributed by atoms with Crippen LogP contribution in [0.25, 0.3) is 0 Å². The van der Waals surface area contributed by atoms with Crippen LogP contribution in [0.2, 0.25) is 5.02 Å². The molecule has 1 aliphatic carbocycles. The molecule has 1 amide bonds. The third-order valence-corrected chi connectivity index (χ3v) is 3.66. The second-order valence-corrected chi connectivity index (χ2v) is 5.34. The molecule has 2 unspecified atom stereocenters. The van der Waals surface area contributed by atoms with Crippen LogP contribution in [0.1, 0.15) is 24.3 Å². The highest BCUT2D eigenvalue weighted by atomic mass is 35.5. The second-order valence-electron chi connectivity index (χ2n) is 4.91. The average Bonchev–Trinajstić information content (AvgIpc) is 3.15. The summed E-state index contributed by atoms with van der Waals surface area (Å²) in [5.74, 6) is -0.677. The van der Waals surface area contributed by atoms with E-state index in [1.165, 1.54) is 4.90 Å². The number of hydrogen-bond acceptors (Lipinski definition) is 2. The van der Waals surface area contributed by atoms with E-state index in [-0.39, 0.29) is 30.7 Å². The molecule has 1 aromatic carbocycles. The summed E-state index contributed by atoms with van der Waals surface area (Å²) in [6, 6.07) is 7.55. The van der Waals surface area contributed by atoms with Gasteiger partial charge in [0, 0.05) is 24.5 Å². The number of rotatable bonds is 5. The minimum absolute atomic E-state index is 0.0171. The van der Waals surface area contributed by atoms with Crippen LogP contribution in [0.15, 0.2) is 24.3 Å². The highest BCUT2D eigenvalue weighted by Crippen LogP contribution is 2.48. The van der Waals surface area contributed by atoms with E-state index in [0.717, 1.165) is 12.0 Å². The predicted molar refractivity (Wildman–Crippen MR) is 72.2 cm³/mol. The van der Waals surface area contributed by atoms with Gasteiger partial charge in [0.2, 0.25) is 5.91 Å². The molecule has 5 heteroatoms. The van der Waals surface area contributed by atoms with Crippen molar-refractivity contribution < 1.29 is 14.7 Å². The number of amides is 1. The third kappa shape index (κ3) is 3.47. The van der Waals surface area contributed by atoms with Crippen LogP contribution >= 0.6 is 11.6 Å². The van der Waals surface area contributed by atoms with Gasteiger partial charge in [0.1, 0.15) is 0 Å². The maximum absolute atomic E-state index is 12.1. The van der Waals surface area contributed by atoms with Crippen LogP contribution in [0, 0.1) is 5.92 Å². The number of halogens is 1. The largest absolute Gasteiger partial charge is 0.481 e. The molecule has 4 nitrogen and oxygen atoms in total. The summed E-state index contributed by atoms with van der Waals surface area (Å²) in [5, 5.41) is 9.28. The molecule has 2 atom stereocenters. The summed E-state index contributed by atoms with van der Waals surface area (Å²) in [7, 11) is 1.65. The molecular formula is C14H16ClNO3. The van der Waals surface area contributed by atoms with E-state index in [4.69, 9.17) is 16.7 Å². The lowest BCUT2D eigenvalue weighted by molar-refractivity contribution is -0.138. The van der Waals surface area contributed by atoms with Crippen molar-refractivity contribution in [3.63, 3.8) is 0 Å². The van der Waals surface area contributed by atoms with E-state index in [9.17, 15) is 9.59 Å². The lowest BCUT2D eigenvalue weighted by Crippen LogP contribution is -2.30. The molecule has 1 saturated carbocycles. The first-order valence-electron chi connectivity index (χ1n) is 6.21. The van der Waals surface area contributed by atoms with Crippen LogP contribution in [0.4, 0.5) is 0 Å². The minimum Gasteiger partial charge on any atom is -0.481 e. The van der Waals surface area contributed by atoms with Crippen molar-refractivity contribution in [1.29, 1.82) is 0 Å². The van der Waals surface area contributed by atoms with Gasteiger partial charge in [0.15, 0.2) is 0 Å². The average molecular weight is 282 g/mol. The van der Waals surface area contributed by atoms with Gasteiger partial charge in [0.25, 0.3) is 0 Å². The van der Waals surface area contributed by atoms with Crippen LogP contribution in [-0.2, 0) is 9.59 Å². The lowest BCUT2D eigenvalue weighted by atomic mass is 10.1. The van der Waals surface area contributed by atoms with E-state index in [2.05, 4.69) is 0 Å². The first-order valence-corrected chi connectivity index (χ1v) is 6.59. The summed E-state index contributed by atoms with van der Waals surface area (Å²) in [6.07, 6.45) is 0.799. The Morgan fingerprint density at radius 1 is 1.47 bits per heavy atom. The summed E-state index contributed by atoms with van der Waals surface area (Å²) in [5.41, 5.74) is 1.08. The van der Waals surface area contributed by atoms with Gasteiger partial charge < -0.3 is 10.0 Å². The van der Waals surface area contributed by atoms with E-state index >= 15 is 0 Å².